The number of nitrogens with zero attached hydrogens (tertiary/aromatic N) is 2. The van der Waals surface area contributed by atoms with Gasteiger partial charge in [-0.05, 0) is 39.7 Å². The van der Waals surface area contributed by atoms with Gasteiger partial charge in [-0.1, -0.05) is 28.1 Å². The number of primary amides is 1. The number of nitrogens with two attached hydrogens (primary N) is 1. The molecule has 2 amide bonds. The normalized spacial score (nSPS) is 10.3. The van der Waals surface area contributed by atoms with E-state index in [-0.39, 0.29) is 12.5 Å². The van der Waals surface area contributed by atoms with Gasteiger partial charge < -0.3 is 10.6 Å². The molecule has 2 rings (SSSR count). The van der Waals surface area contributed by atoms with Crippen LogP contribution in [0.25, 0.3) is 0 Å². The smallest absolute Gasteiger partial charge is 0.256 e. The first-order chi connectivity index (χ1) is 10.5. The molecular formula is C15H13Br2N3O2. The molecule has 0 aliphatic heterocycles. The molecule has 114 valence electrons. The fourth-order valence-corrected chi connectivity index (χ4v) is 2.54. The highest BCUT2D eigenvalue weighted by Crippen LogP contribution is 2.15. The lowest BCUT2D eigenvalue weighted by Gasteiger charge is -2.21. The molecule has 0 spiro atoms. The van der Waals surface area contributed by atoms with Gasteiger partial charge in [0.25, 0.3) is 5.91 Å². The number of pyridine rings is 1. The molecule has 5 nitrogen and oxygen atoms in total. The number of rotatable bonds is 5. The number of carbonyl (C=O) groups is 2. The summed E-state index contributed by atoms with van der Waals surface area (Å²) >= 11 is 6.63. The van der Waals surface area contributed by atoms with E-state index in [4.69, 9.17) is 5.73 Å². The summed E-state index contributed by atoms with van der Waals surface area (Å²) in [5, 5.41) is 0. The molecule has 1 heterocycles. The highest BCUT2D eigenvalue weighted by molar-refractivity contribution is 9.10. The Labute approximate surface area is 144 Å². The van der Waals surface area contributed by atoms with Crippen molar-refractivity contribution in [2.75, 3.05) is 6.54 Å². The number of benzene rings is 1. The monoisotopic (exact) mass is 425 g/mol. The van der Waals surface area contributed by atoms with Gasteiger partial charge in [0.2, 0.25) is 5.91 Å². The average Bonchev–Trinajstić information content (AvgIpc) is 2.47. The third kappa shape index (κ3) is 4.64. The van der Waals surface area contributed by atoms with Crippen LogP contribution < -0.4 is 5.73 Å². The number of hydrogen-bond donors (Lipinski definition) is 1. The Morgan fingerprint density at radius 1 is 1.09 bits per heavy atom. The summed E-state index contributed by atoms with van der Waals surface area (Å²) in [6, 6.07) is 9.17. The van der Waals surface area contributed by atoms with Gasteiger partial charge >= 0.3 is 0 Å². The summed E-state index contributed by atoms with van der Waals surface area (Å²) in [7, 11) is 0. The summed E-state index contributed by atoms with van der Waals surface area (Å²) in [5.74, 6) is -0.857. The molecule has 1 aromatic carbocycles. The second-order valence-electron chi connectivity index (χ2n) is 4.65. The Kier molecular flexibility index (Phi) is 5.68. The topological polar surface area (TPSA) is 76.3 Å². The lowest BCUT2D eigenvalue weighted by Crippen LogP contribution is -2.38. The van der Waals surface area contributed by atoms with E-state index in [2.05, 4.69) is 36.8 Å². The minimum atomic E-state index is -0.562. The van der Waals surface area contributed by atoms with Gasteiger partial charge in [0, 0.05) is 27.9 Å². The van der Waals surface area contributed by atoms with Crippen molar-refractivity contribution in [1.82, 2.24) is 9.88 Å². The number of carbonyl (C=O) groups excluding carboxylic acids is 2. The highest BCUT2D eigenvalue weighted by Gasteiger charge is 2.18. The molecule has 1 aromatic heterocycles. The Bertz CT molecular complexity index is 689. The third-order valence-electron chi connectivity index (χ3n) is 2.87. The molecule has 0 radical (unpaired) electrons. The van der Waals surface area contributed by atoms with Crippen LogP contribution in [-0.2, 0) is 11.3 Å². The second kappa shape index (κ2) is 7.51. The average molecular weight is 427 g/mol. The number of halogens is 2. The van der Waals surface area contributed by atoms with Crippen molar-refractivity contribution >= 4 is 43.7 Å². The summed E-state index contributed by atoms with van der Waals surface area (Å²) in [4.78, 5) is 29.2. The lowest BCUT2D eigenvalue weighted by molar-refractivity contribution is -0.118. The van der Waals surface area contributed by atoms with Crippen LogP contribution >= 0.6 is 31.9 Å². The van der Waals surface area contributed by atoms with Crippen molar-refractivity contribution in [2.45, 2.75) is 6.54 Å². The zero-order valence-electron chi connectivity index (χ0n) is 11.5. The molecule has 0 saturated heterocycles. The first kappa shape index (κ1) is 16.6. The molecule has 0 bridgehead atoms. The molecule has 0 atom stereocenters. The van der Waals surface area contributed by atoms with Crippen LogP contribution in [0.2, 0.25) is 0 Å². The van der Waals surface area contributed by atoms with Crippen molar-refractivity contribution in [3.63, 3.8) is 0 Å². The third-order valence-corrected chi connectivity index (χ3v) is 3.83. The Morgan fingerprint density at radius 3 is 2.36 bits per heavy atom. The van der Waals surface area contributed by atoms with E-state index in [0.717, 1.165) is 10.0 Å². The van der Waals surface area contributed by atoms with E-state index < -0.39 is 5.91 Å². The zero-order chi connectivity index (χ0) is 16.1. The standard InChI is InChI=1S/C15H13Br2N3O2/c16-12-3-1-10(2-4-12)8-20(9-14(18)21)15(22)11-5-13(17)7-19-6-11/h1-7H,8-9H2,(H2,18,21). The fraction of sp³-hybridized carbons (Fsp3) is 0.133. The van der Waals surface area contributed by atoms with Gasteiger partial charge in [0.15, 0.2) is 0 Å². The Balaban J connectivity index is 2.23. The molecule has 0 aliphatic rings. The number of amides is 2. The van der Waals surface area contributed by atoms with E-state index in [1.54, 1.807) is 12.3 Å². The molecule has 0 unspecified atom stereocenters. The van der Waals surface area contributed by atoms with Gasteiger partial charge in [-0.25, -0.2) is 0 Å². The maximum Gasteiger partial charge on any atom is 0.256 e. The maximum atomic E-state index is 12.6. The number of aromatic nitrogens is 1. The second-order valence-corrected chi connectivity index (χ2v) is 6.48. The van der Waals surface area contributed by atoms with Crippen LogP contribution in [0.4, 0.5) is 0 Å². The van der Waals surface area contributed by atoms with Crippen LogP contribution in [0, 0.1) is 0 Å². The maximum absolute atomic E-state index is 12.6. The van der Waals surface area contributed by atoms with Gasteiger partial charge in [-0.3, -0.25) is 14.6 Å². The summed E-state index contributed by atoms with van der Waals surface area (Å²) < 4.78 is 1.64. The van der Waals surface area contributed by atoms with Crippen molar-refractivity contribution < 1.29 is 9.59 Å². The number of hydrogen-bond acceptors (Lipinski definition) is 3. The van der Waals surface area contributed by atoms with E-state index in [1.807, 2.05) is 24.3 Å². The highest BCUT2D eigenvalue weighted by atomic mass is 79.9. The first-order valence-electron chi connectivity index (χ1n) is 6.38. The summed E-state index contributed by atoms with van der Waals surface area (Å²) in [6.45, 7) is 0.142. The summed E-state index contributed by atoms with van der Waals surface area (Å²) in [5.41, 5.74) is 6.55. The van der Waals surface area contributed by atoms with Gasteiger partial charge in [-0.15, -0.1) is 0 Å². The molecule has 0 saturated carbocycles. The predicted octanol–water partition coefficient (Wildman–Crippen LogP) is 2.73. The molecule has 2 N–H and O–H groups in total. The van der Waals surface area contributed by atoms with Crippen molar-refractivity contribution in [3.8, 4) is 0 Å². The van der Waals surface area contributed by atoms with E-state index in [1.165, 1.54) is 11.1 Å². The van der Waals surface area contributed by atoms with Crippen LogP contribution in [0.3, 0.4) is 0 Å². The van der Waals surface area contributed by atoms with Gasteiger partial charge in [-0.2, -0.15) is 0 Å². The quantitative estimate of drug-likeness (QED) is 0.798. The summed E-state index contributed by atoms with van der Waals surface area (Å²) in [6.07, 6.45) is 3.05. The molecular weight excluding hydrogens is 414 g/mol. The van der Waals surface area contributed by atoms with Crippen molar-refractivity contribution in [2.24, 2.45) is 5.73 Å². The van der Waals surface area contributed by atoms with Crippen LogP contribution in [0.1, 0.15) is 15.9 Å². The van der Waals surface area contributed by atoms with E-state index in [9.17, 15) is 9.59 Å². The first-order valence-corrected chi connectivity index (χ1v) is 7.97. The Morgan fingerprint density at radius 2 is 1.77 bits per heavy atom. The lowest BCUT2D eigenvalue weighted by atomic mass is 10.2. The van der Waals surface area contributed by atoms with E-state index >= 15 is 0 Å². The fourth-order valence-electron chi connectivity index (χ4n) is 1.91. The molecule has 22 heavy (non-hydrogen) atoms. The van der Waals surface area contributed by atoms with Crippen LogP contribution in [-0.4, -0.2) is 28.2 Å². The van der Waals surface area contributed by atoms with Gasteiger partial charge in [0.1, 0.15) is 0 Å². The largest absolute Gasteiger partial charge is 0.368 e. The van der Waals surface area contributed by atoms with Crippen molar-refractivity contribution in [1.29, 1.82) is 0 Å². The molecule has 0 aliphatic carbocycles. The molecule has 0 fully saturated rings. The van der Waals surface area contributed by atoms with Crippen molar-refractivity contribution in [3.05, 3.63) is 62.8 Å². The minimum absolute atomic E-state index is 0.151. The zero-order valence-corrected chi connectivity index (χ0v) is 14.7. The molecule has 2 aromatic rings. The van der Waals surface area contributed by atoms with Crippen LogP contribution in [0.15, 0.2) is 51.7 Å². The Hall–Kier alpha value is -1.73. The van der Waals surface area contributed by atoms with E-state index in [0.29, 0.717) is 16.6 Å². The van der Waals surface area contributed by atoms with Crippen LogP contribution in [0.5, 0.6) is 0 Å². The predicted molar refractivity (Wildman–Crippen MR) is 90.0 cm³/mol. The van der Waals surface area contributed by atoms with Gasteiger partial charge in [0.05, 0.1) is 12.1 Å². The minimum Gasteiger partial charge on any atom is -0.368 e. The SMILES string of the molecule is NC(=O)CN(Cc1ccc(Br)cc1)C(=O)c1cncc(Br)c1. The molecule has 7 heteroatoms.